The minimum atomic E-state index is 0.269. The Balaban J connectivity index is 3.39. The molecule has 0 aliphatic rings. The van der Waals surface area contributed by atoms with Crippen molar-refractivity contribution in [3.8, 4) is 0 Å². The molecule has 0 aliphatic heterocycles. The van der Waals surface area contributed by atoms with Gasteiger partial charge < -0.3 is 10.5 Å². The summed E-state index contributed by atoms with van der Waals surface area (Å²) in [5.74, 6) is 0. The van der Waals surface area contributed by atoms with Crippen molar-refractivity contribution in [3.05, 3.63) is 0 Å². The fraction of sp³-hybridized carbons (Fsp3) is 1.00. The van der Waals surface area contributed by atoms with Crippen LogP contribution in [-0.4, -0.2) is 18.8 Å². The highest BCUT2D eigenvalue weighted by atomic mass is 16.5. The first-order chi connectivity index (χ1) is 4.70. The minimum absolute atomic E-state index is 0.269. The van der Waals surface area contributed by atoms with E-state index in [0.717, 1.165) is 12.8 Å². The lowest BCUT2D eigenvalue weighted by molar-refractivity contribution is 0.00837. The van der Waals surface area contributed by atoms with Crippen LogP contribution in [0, 0.1) is 0 Å². The smallest absolute Gasteiger partial charge is 0.0700 e. The molecule has 0 aromatic carbocycles. The molecular weight excluding hydrogens is 126 g/mol. The second kappa shape index (κ2) is 5.69. The first-order valence-electron chi connectivity index (χ1n) is 4.06. The van der Waals surface area contributed by atoms with Gasteiger partial charge >= 0.3 is 0 Å². The van der Waals surface area contributed by atoms with Gasteiger partial charge in [-0.15, -0.1) is 0 Å². The molecule has 0 amide bonds. The molecule has 62 valence electrons. The second-order valence-electron chi connectivity index (χ2n) is 2.83. The predicted molar refractivity (Wildman–Crippen MR) is 44.0 cm³/mol. The molecule has 10 heavy (non-hydrogen) atoms. The Labute approximate surface area is 63.7 Å². The van der Waals surface area contributed by atoms with Crippen molar-refractivity contribution >= 4 is 0 Å². The van der Waals surface area contributed by atoms with Gasteiger partial charge in [0.25, 0.3) is 0 Å². The van der Waals surface area contributed by atoms with Crippen molar-refractivity contribution in [3.63, 3.8) is 0 Å². The molecule has 0 saturated heterocycles. The molecule has 1 unspecified atom stereocenters. The van der Waals surface area contributed by atoms with Crippen LogP contribution in [0.1, 0.15) is 33.6 Å². The van der Waals surface area contributed by atoms with Crippen molar-refractivity contribution in [2.24, 2.45) is 5.73 Å². The van der Waals surface area contributed by atoms with Gasteiger partial charge in [-0.05, 0) is 20.3 Å². The van der Waals surface area contributed by atoms with E-state index in [9.17, 15) is 0 Å². The maximum atomic E-state index is 5.51. The summed E-state index contributed by atoms with van der Waals surface area (Å²) in [6.07, 6.45) is 2.80. The third kappa shape index (κ3) is 4.77. The summed E-state index contributed by atoms with van der Waals surface area (Å²) in [5.41, 5.74) is 5.48. The highest BCUT2D eigenvalue weighted by molar-refractivity contribution is 4.58. The highest BCUT2D eigenvalue weighted by Gasteiger charge is 2.06. The molecule has 0 spiro atoms. The maximum absolute atomic E-state index is 5.51. The van der Waals surface area contributed by atoms with Gasteiger partial charge in [-0.3, -0.25) is 0 Å². The molecule has 0 fully saturated rings. The van der Waals surface area contributed by atoms with E-state index in [1.807, 2.05) is 13.8 Å². The molecule has 2 N–H and O–H groups in total. The molecule has 0 heterocycles. The summed E-state index contributed by atoms with van der Waals surface area (Å²) in [5, 5.41) is 0. The molecule has 0 radical (unpaired) electrons. The number of nitrogens with two attached hydrogens (primary N) is 1. The molecule has 0 aromatic rings. The van der Waals surface area contributed by atoms with E-state index < -0.39 is 0 Å². The number of ether oxygens (including phenoxy) is 1. The zero-order chi connectivity index (χ0) is 7.98. The van der Waals surface area contributed by atoms with Gasteiger partial charge in [-0.1, -0.05) is 13.3 Å². The Morgan fingerprint density at radius 2 is 2.00 bits per heavy atom. The summed E-state index contributed by atoms with van der Waals surface area (Å²) in [6.45, 7) is 6.87. The normalized spacial score (nSPS) is 14.1. The molecule has 1 atom stereocenters. The van der Waals surface area contributed by atoms with Gasteiger partial charge in [-0.2, -0.15) is 0 Å². The monoisotopic (exact) mass is 145 g/mol. The van der Waals surface area contributed by atoms with E-state index in [4.69, 9.17) is 10.5 Å². The Hall–Kier alpha value is -0.0800. The lowest BCUT2D eigenvalue weighted by Crippen LogP contribution is -2.26. The van der Waals surface area contributed by atoms with Gasteiger partial charge in [0.1, 0.15) is 0 Å². The van der Waals surface area contributed by atoms with Gasteiger partial charge in [0.2, 0.25) is 0 Å². The number of rotatable bonds is 5. The van der Waals surface area contributed by atoms with E-state index >= 15 is 0 Å². The van der Waals surface area contributed by atoms with Crippen molar-refractivity contribution < 1.29 is 4.74 Å². The fourth-order valence-electron chi connectivity index (χ4n) is 0.948. The van der Waals surface area contributed by atoms with E-state index in [1.54, 1.807) is 0 Å². The summed E-state index contributed by atoms with van der Waals surface area (Å²) in [6, 6.07) is 0. The van der Waals surface area contributed by atoms with E-state index in [-0.39, 0.29) is 6.10 Å². The van der Waals surface area contributed by atoms with Crippen LogP contribution in [-0.2, 0) is 4.74 Å². The minimum Gasteiger partial charge on any atom is -0.374 e. The zero-order valence-electron chi connectivity index (χ0n) is 7.26. The number of hydrogen-bond donors (Lipinski definition) is 1. The summed E-state index contributed by atoms with van der Waals surface area (Å²) >= 11 is 0. The lowest BCUT2D eigenvalue weighted by atomic mass is 10.2. The summed E-state index contributed by atoms with van der Waals surface area (Å²) < 4.78 is 5.51. The summed E-state index contributed by atoms with van der Waals surface area (Å²) in [7, 11) is 0. The molecular formula is C8H19NO. The first-order valence-corrected chi connectivity index (χ1v) is 4.06. The molecule has 0 aromatic heterocycles. The Kier molecular flexibility index (Phi) is 5.64. The van der Waals surface area contributed by atoms with Crippen molar-refractivity contribution in [1.29, 1.82) is 0 Å². The average molecular weight is 145 g/mol. The third-order valence-electron chi connectivity index (χ3n) is 1.34. The van der Waals surface area contributed by atoms with Gasteiger partial charge in [0.15, 0.2) is 0 Å². The van der Waals surface area contributed by atoms with Gasteiger partial charge in [0, 0.05) is 6.54 Å². The molecule has 0 aliphatic carbocycles. The Bertz CT molecular complexity index is 73.7. The van der Waals surface area contributed by atoms with Crippen LogP contribution >= 0.6 is 0 Å². The average Bonchev–Trinajstić information content (AvgIpc) is 1.86. The molecule has 0 bridgehead atoms. The SMILES string of the molecule is CCCC(CN)OC(C)C. The summed E-state index contributed by atoms with van der Waals surface area (Å²) in [4.78, 5) is 0. The van der Waals surface area contributed by atoms with Crippen LogP contribution in [0.2, 0.25) is 0 Å². The Morgan fingerprint density at radius 1 is 1.40 bits per heavy atom. The van der Waals surface area contributed by atoms with Crippen molar-refractivity contribution in [1.82, 2.24) is 0 Å². The van der Waals surface area contributed by atoms with Crippen LogP contribution in [0.4, 0.5) is 0 Å². The first kappa shape index (κ1) is 9.92. The molecule has 2 heteroatoms. The van der Waals surface area contributed by atoms with E-state index in [0.29, 0.717) is 12.6 Å². The van der Waals surface area contributed by atoms with Crippen LogP contribution in [0.15, 0.2) is 0 Å². The van der Waals surface area contributed by atoms with E-state index in [1.165, 1.54) is 0 Å². The van der Waals surface area contributed by atoms with E-state index in [2.05, 4.69) is 6.92 Å². The Morgan fingerprint density at radius 3 is 2.30 bits per heavy atom. The molecule has 0 rings (SSSR count). The third-order valence-corrected chi connectivity index (χ3v) is 1.34. The standard InChI is InChI=1S/C8H19NO/c1-4-5-8(6-9)10-7(2)3/h7-8H,4-6,9H2,1-3H3. The highest BCUT2D eigenvalue weighted by Crippen LogP contribution is 2.03. The number of hydrogen-bond acceptors (Lipinski definition) is 2. The molecule has 0 saturated carbocycles. The quantitative estimate of drug-likeness (QED) is 0.637. The zero-order valence-corrected chi connectivity index (χ0v) is 7.26. The van der Waals surface area contributed by atoms with Gasteiger partial charge in [-0.25, -0.2) is 0 Å². The molecule has 2 nitrogen and oxygen atoms in total. The van der Waals surface area contributed by atoms with Crippen LogP contribution < -0.4 is 5.73 Å². The van der Waals surface area contributed by atoms with Crippen molar-refractivity contribution in [2.45, 2.75) is 45.8 Å². The fourth-order valence-corrected chi connectivity index (χ4v) is 0.948. The largest absolute Gasteiger partial charge is 0.374 e. The lowest BCUT2D eigenvalue weighted by Gasteiger charge is -2.17. The topological polar surface area (TPSA) is 35.2 Å². The van der Waals surface area contributed by atoms with Crippen LogP contribution in [0.5, 0.6) is 0 Å². The van der Waals surface area contributed by atoms with Crippen LogP contribution in [0.3, 0.4) is 0 Å². The van der Waals surface area contributed by atoms with Gasteiger partial charge in [0.05, 0.1) is 12.2 Å². The maximum Gasteiger partial charge on any atom is 0.0700 e. The van der Waals surface area contributed by atoms with Crippen LogP contribution in [0.25, 0.3) is 0 Å². The predicted octanol–water partition coefficient (Wildman–Crippen LogP) is 1.54. The second-order valence-corrected chi connectivity index (χ2v) is 2.83. The van der Waals surface area contributed by atoms with Crippen molar-refractivity contribution in [2.75, 3.05) is 6.54 Å².